The summed E-state index contributed by atoms with van der Waals surface area (Å²) >= 11 is 0. The molecule has 29 heavy (non-hydrogen) atoms. The number of carbonyl (C=O) groups is 3. The van der Waals surface area contributed by atoms with Gasteiger partial charge in [-0.05, 0) is 25.8 Å². The van der Waals surface area contributed by atoms with Crippen LogP contribution in [0, 0.1) is 0 Å². The van der Waals surface area contributed by atoms with Crippen LogP contribution < -0.4 is 10.0 Å². The molecule has 0 spiro atoms. The summed E-state index contributed by atoms with van der Waals surface area (Å²) in [6, 6.07) is 10.0. The Labute approximate surface area is 173 Å². The molecule has 0 saturated carbocycles. The minimum absolute atomic E-state index is 0.0806. The molecule has 0 saturated heterocycles. The second-order valence-electron chi connectivity index (χ2n) is 6.18. The molecule has 0 amide bonds. The predicted molar refractivity (Wildman–Crippen MR) is 111 cm³/mol. The number of aliphatic carboxylic acids is 1. The standard InChI is InChI=1S/C10H14O6.C8H8.C4H11N/c1-7(2)10(14)16-6-5-15-9(13)4-3-8(11)12;1-2-8-6-4-3-5-7-8;1-4-5(2)3/h1,3-6H2,2H3,(H,11,12);2-7H,1H2;4H2,1-3H3. The van der Waals surface area contributed by atoms with E-state index in [1.54, 1.807) is 0 Å². The molecule has 0 unspecified atom stereocenters. The van der Waals surface area contributed by atoms with E-state index in [0.29, 0.717) is 0 Å². The Kier molecular flexibility index (Phi) is 18.0. The number of carbonyl (C=O) groups excluding carboxylic acids is 3. The fraction of sp³-hybridized carbons (Fsp3) is 0.409. The van der Waals surface area contributed by atoms with Crippen molar-refractivity contribution in [3.63, 3.8) is 0 Å². The lowest BCUT2D eigenvalue weighted by Crippen LogP contribution is -3.05. The van der Waals surface area contributed by atoms with E-state index in [-0.39, 0.29) is 31.6 Å². The summed E-state index contributed by atoms with van der Waals surface area (Å²) in [6.07, 6.45) is 1.20. The van der Waals surface area contributed by atoms with Crippen LogP contribution in [-0.2, 0) is 23.9 Å². The number of hydrogen-bond donors (Lipinski definition) is 1. The molecule has 1 aromatic carbocycles. The molecule has 0 aliphatic heterocycles. The second-order valence-corrected chi connectivity index (χ2v) is 6.18. The van der Waals surface area contributed by atoms with Crippen molar-refractivity contribution >= 4 is 24.0 Å². The van der Waals surface area contributed by atoms with Crippen molar-refractivity contribution in [3.8, 4) is 0 Å². The molecule has 162 valence electrons. The average molecular weight is 408 g/mol. The van der Waals surface area contributed by atoms with Crippen LogP contribution >= 0.6 is 0 Å². The van der Waals surface area contributed by atoms with Crippen LogP contribution in [0.15, 0.2) is 49.1 Å². The summed E-state index contributed by atoms with van der Waals surface area (Å²) in [5.41, 5.74) is 1.43. The monoisotopic (exact) mass is 407 g/mol. The maximum Gasteiger partial charge on any atom is 0.333 e. The second kappa shape index (κ2) is 18.4. The lowest BCUT2D eigenvalue weighted by molar-refractivity contribution is -0.856. The van der Waals surface area contributed by atoms with Gasteiger partial charge in [0.25, 0.3) is 0 Å². The number of benzene rings is 1. The van der Waals surface area contributed by atoms with E-state index in [9.17, 15) is 19.5 Å². The van der Waals surface area contributed by atoms with Crippen molar-refractivity contribution in [2.45, 2.75) is 26.7 Å². The first kappa shape index (κ1) is 28.3. The third kappa shape index (κ3) is 21.2. The molecule has 0 radical (unpaired) electrons. The molecular weight excluding hydrogens is 374 g/mol. The highest BCUT2D eigenvalue weighted by Crippen LogP contribution is 1.97. The van der Waals surface area contributed by atoms with Gasteiger partial charge in [0, 0.05) is 11.5 Å². The first-order valence-corrected chi connectivity index (χ1v) is 9.28. The van der Waals surface area contributed by atoms with Gasteiger partial charge < -0.3 is 24.3 Å². The van der Waals surface area contributed by atoms with Crippen LogP contribution in [0.5, 0.6) is 0 Å². The maximum atomic E-state index is 10.9. The fourth-order valence-electron chi connectivity index (χ4n) is 1.28. The topological polar surface area (TPSA) is 97.2 Å². The van der Waals surface area contributed by atoms with Crippen LogP contribution in [0.1, 0.15) is 32.3 Å². The predicted octanol–water partition coefficient (Wildman–Crippen LogP) is 0.659. The number of carboxylic acids is 1. The highest BCUT2D eigenvalue weighted by atomic mass is 16.6. The molecule has 1 aromatic rings. The van der Waals surface area contributed by atoms with Crippen molar-refractivity contribution in [3.05, 3.63) is 54.6 Å². The normalized spacial score (nSPS) is 9.14. The number of ether oxygens (including phenoxy) is 2. The molecule has 0 heterocycles. The van der Waals surface area contributed by atoms with E-state index in [1.165, 1.54) is 23.9 Å². The highest BCUT2D eigenvalue weighted by Gasteiger charge is 2.05. The quantitative estimate of drug-likeness (QED) is 0.367. The van der Waals surface area contributed by atoms with Crippen molar-refractivity contribution < 1.29 is 33.9 Å². The van der Waals surface area contributed by atoms with Gasteiger partial charge in [-0.15, -0.1) is 0 Å². The van der Waals surface area contributed by atoms with Crippen LogP contribution in [0.4, 0.5) is 0 Å². The van der Waals surface area contributed by atoms with Crippen LogP contribution in [0.25, 0.3) is 6.08 Å². The average Bonchev–Trinajstić information content (AvgIpc) is 2.70. The van der Waals surface area contributed by atoms with Crippen LogP contribution in [0.2, 0.25) is 0 Å². The molecule has 0 aliphatic carbocycles. The van der Waals surface area contributed by atoms with Crippen molar-refractivity contribution in [2.75, 3.05) is 33.9 Å². The van der Waals surface area contributed by atoms with Crippen LogP contribution in [0.3, 0.4) is 0 Å². The van der Waals surface area contributed by atoms with E-state index < -0.39 is 17.9 Å². The Balaban J connectivity index is 0. The first-order chi connectivity index (χ1) is 13.6. The Morgan fingerprint density at radius 2 is 1.59 bits per heavy atom. The molecule has 0 aliphatic rings. The third-order valence-corrected chi connectivity index (χ3v) is 3.20. The summed E-state index contributed by atoms with van der Waals surface area (Å²) in [6.45, 7) is 11.7. The summed E-state index contributed by atoms with van der Waals surface area (Å²) in [4.78, 5) is 33.2. The van der Waals surface area contributed by atoms with Gasteiger partial charge in [-0.3, -0.25) is 4.79 Å². The van der Waals surface area contributed by atoms with Gasteiger partial charge in [-0.2, -0.15) is 0 Å². The molecule has 0 aromatic heterocycles. The summed E-state index contributed by atoms with van der Waals surface area (Å²) in [5.74, 6) is -2.55. The molecule has 0 fully saturated rings. The SMILES string of the molecule is C=C(C)C(=O)OCCOC(=O)CCC(=O)[O-].C=Cc1ccccc1.CC[NH+](C)C. The lowest BCUT2D eigenvalue weighted by Gasteiger charge is -2.06. The lowest BCUT2D eigenvalue weighted by atomic mass is 10.2. The molecule has 1 N–H and O–H groups in total. The zero-order valence-electron chi connectivity index (χ0n) is 17.9. The number of quaternary nitrogens is 1. The first-order valence-electron chi connectivity index (χ1n) is 9.28. The summed E-state index contributed by atoms with van der Waals surface area (Å²) in [7, 11) is 4.28. The van der Waals surface area contributed by atoms with E-state index in [1.807, 2.05) is 36.4 Å². The van der Waals surface area contributed by atoms with Gasteiger partial charge in [0.05, 0.1) is 27.1 Å². The van der Waals surface area contributed by atoms with Gasteiger partial charge in [0.2, 0.25) is 0 Å². The molecule has 7 heteroatoms. The van der Waals surface area contributed by atoms with E-state index in [2.05, 4.69) is 43.7 Å². The largest absolute Gasteiger partial charge is 0.550 e. The number of nitrogens with one attached hydrogen (secondary N) is 1. The van der Waals surface area contributed by atoms with Crippen molar-refractivity contribution in [2.24, 2.45) is 0 Å². The Bertz CT molecular complexity index is 625. The molecule has 0 bridgehead atoms. The van der Waals surface area contributed by atoms with E-state index >= 15 is 0 Å². The number of rotatable bonds is 9. The molecule has 7 nitrogen and oxygen atoms in total. The third-order valence-electron chi connectivity index (χ3n) is 3.20. The molecule has 0 atom stereocenters. The Morgan fingerprint density at radius 1 is 1.07 bits per heavy atom. The van der Waals surface area contributed by atoms with Gasteiger partial charge in [-0.1, -0.05) is 49.6 Å². The zero-order chi connectivity index (χ0) is 22.7. The number of esters is 2. The maximum absolute atomic E-state index is 10.9. The Morgan fingerprint density at radius 3 is 1.97 bits per heavy atom. The number of carboxylic acid groups (broad SMARTS) is 1. The number of hydrogen-bond acceptors (Lipinski definition) is 6. The highest BCUT2D eigenvalue weighted by molar-refractivity contribution is 5.86. The fourth-order valence-corrected chi connectivity index (χ4v) is 1.28. The molecular formula is C22H33NO6. The van der Waals surface area contributed by atoms with E-state index in [0.717, 1.165) is 0 Å². The minimum Gasteiger partial charge on any atom is -0.550 e. The van der Waals surface area contributed by atoms with Crippen LogP contribution in [-0.4, -0.2) is 51.8 Å². The summed E-state index contributed by atoms with van der Waals surface area (Å²) in [5, 5.41) is 10.0. The van der Waals surface area contributed by atoms with Gasteiger partial charge >= 0.3 is 11.9 Å². The van der Waals surface area contributed by atoms with E-state index in [4.69, 9.17) is 0 Å². The summed E-state index contributed by atoms with van der Waals surface area (Å²) < 4.78 is 9.22. The van der Waals surface area contributed by atoms with Gasteiger partial charge in [-0.25, -0.2) is 4.79 Å². The zero-order valence-corrected chi connectivity index (χ0v) is 17.9. The van der Waals surface area contributed by atoms with Crippen molar-refractivity contribution in [1.82, 2.24) is 0 Å². The minimum atomic E-state index is -1.31. The van der Waals surface area contributed by atoms with Crippen molar-refractivity contribution in [1.29, 1.82) is 0 Å². The smallest absolute Gasteiger partial charge is 0.333 e. The van der Waals surface area contributed by atoms with Gasteiger partial charge in [0.1, 0.15) is 13.2 Å². The Hall–Kier alpha value is -2.93. The van der Waals surface area contributed by atoms with Gasteiger partial charge in [0.15, 0.2) is 0 Å². The molecule has 1 rings (SSSR count).